The van der Waals surface area contributed by atoms with Crippen LogP contribution in [0.3, 0.4) is 0 Å². The number of fused-ring (bicyclic) bond motifs is 1. The Morgan fingerprint density at radius 3 is 2.60 bits per heavy atom. The lowest BCUT2D eigenvalue weighted by atomic mass is 9.98. The van der Waals surface area contributed by atoms with Crippen LogP contribution in [0.25, 0.3) is 0 Å². The van der Waals surface area contributed by atoms with E-state index in [2.05, 4.69) is 6.92 Å². The largest absolute Gasteiger partial charge is 0.388 e. The van der Waals surface area contributed by atoms with E-state index in [0.717, 1.165) is 43.1 Å². The number of anilines is 1. The van der Waals surface area contributed by atoms with Gasteiger partial charge in [0, 0.05) is 25.2 Å². The van der Waals surface area contributed by atoms with Gasteiger partial charge in [0.2, 0.25) is 0 Å². The van der Waals surface area contributed by atoms with Crippen LogP contribution in [0.15, 0.2) is 24.3 Å². The van der Waals surface area contributed by atoms with Crippen LogP contribution >= 0.6 is 0 Å². The van der Waals surface area contributed by atoms with E-state index in [4.69, 9.17) is 0 Å². The number of hydrogen-bond donors (Lipinski definition) is 1. The fraction of sp³-hybridized carbons (Fsp3) is 0.562. The Morgan fingerprint density at radius 1 is 1.15 bits per heavy atom. The molecule has 4 nitrogen and oxygen atoms in total. The molecule has 20 heavy (non-hydrogen) atoms. The summed E-state index contributed by atoms with van der Waals surface area (Å²) in [5, 5.41) is 10.1. The van der Waals surface area contributed by atoms with Crippen LogP contribution in [0, 0.1) is 5.92 Å². The number of amides is 2. The third-order valence-corrected chi connectivity index (χ3v) is 4.50. The molecule has 2 aliphatic heterocycles. The molecule has 2 amide bonds. The number of hydrogen-bond acceptors (Lipinski definition) is 2. The van der Waals surface area contributed by atoms with Gasteiger partial charge in [-0.15, -0.1) is 0 Å². The van der Waals surface area contributed by atoms with E-state index >= 15 is 0 Å². The minimum atomic E-state index is -0.448. The van der Waals surface area contributed by atoms with Crippen molar-refractivity contribution >= 4 is 11.7 Å². The van der Waals surface area contributed by atoms with Gasteiger partial charge in [0.05, 0.1) is 11.8 Å². The molecule has 1 fully saturated rings. The molecule has 0 aliphatic carbocycles. The maximum Gasteiger partial charge on any atom is 0.324 e. The van der Waals surface area contributed by atoms with Gasteiger partial charge in [-0.2, -0.15) is 0 Å². The third-order valence-electron chi connectivity index (χ3n) is 4.50. The molecule has 0 spiro atoms. The number of aliphatic hydroxyl groups excluding tert-OH is 1. The molecule has 0 aromatic heterocycles. The highest BCUT2D eigenvalue weighted by Crippen LogP contribution is 2.34. The molecule has 1 N–H and O–H groups in total. The number of para-hydroxylation sites is 1. The van der Waals surface area contributed by atoms with Gasteiger partial charge in [-0.25, -0.2) is 4.79 Å². The first kappa shape index (κ1) is 13.4. The van der Waals surface area contributed by atoms with Gasteiger partial charge < -0.3 is 10.0 Å². The predicted molar refractivity (Wildman–Crippen MR) is 78.7 cm³/mol. The van der Waals surface area contributed by atoms with Gasteiger partial charge in [-0.1, -0.05) is 25.1 Å². The Labute approximate surface area is 120 Å². The number of carbonyl (C=O) groups excluding carboxylic acids is 1. The normalized spacial score (nSPS) is 23.6. The van der Waals surface area contributed by atoms with Crippen LogP contribution < -0.4 is 4.90 Å². The Kier molecular flexibility index (Phi) is 3.66. The average molecular weight is 274 g/mol. The second-order valence-corrected chi connectivity index (χ2v) is 5.97. The Balaban J connectivity index is 1.81. The topological polar surface area (TPSA) is 43.8 Å². The minimum absolute atomic E-state index is 0.0938. The monoisotopic (exact) mass is 274 g/mol. The second kappa shape index (κ2) is 5.44. The fourth-order valence-corrected chi connectivity index (χ4v) is 3.11. The highest BCUT2D eigenvalue weighted by Gasteiger charge is 2.31. The van der Waals surface area contributed by atoms with E-state index in [9.17, 15) is 9.90 Å². The molecule has 108 valence electrons. The number of benzene rings is 1. The zero-order chi connectivity index (χ0) is 14.1. The van der Waals surface area contributed by atoms with E-state index < -0.39 is 6.10 Å². The summed E-state index contributed by atoms with van der Waals surface area (Å²) >= 11 is 0. The maximum absolute atomic E-state index is 12.7. The third kappa shape index (κ3) is 2.40. The predicted octanol–water partition coefficient (Wildman–Crippen LogP) is 2.78. The molecule has 2 aliphatic rings. The molecule has 4 heteroatoms. The number of carbonyl (C=O) groups is 1. The smallest absolute Gasteiger partial charge is 0.324 e. The van der Waals surface area contributed by atoms with Crippen molar-refractivity contribution < 1.29 is 9.90 Å². The molecule has 1 atom stereocenters. The van der Waals surface area contributed by atoms with Crippen molar-refractivity contribution in [2.24, 2.45) is 5.92 Å². The molecule has 1 aromatic rings. The van der Waals surface area contributed by atoms with Crippen molar-refractivity contribution in [2.45, 2.75) is 32.3 Å². The molecule has 1 saturated heterocycles. The zero-order valence-electron chi connectivity index (χ0n) is 12.0. The number of piperidine rings is 1. The Hall–Kier alpha value is -1.55. The molecular formula is C16H22N2O2. The SMILES string of the molecule is CC1CCN(C(=O)N2CCC(O)c3ccccc32)CC1. The summed E-state index contributed by atoms with van der Waals surface area (Å²) < 4.78 is 0. The van der Waals surface area contributed by atoms with Crippen LogP contribution in [0.1, 0.15) is 37.9 Å². The Morgan fingerprint density at radius 2 is 1.85 bits per heavy atom. The average Bonchev–Trinajstić information content (AvgIpc) is 2.48. The van der Waals surface area contributed by atoms with Gasteiger partial charge in [0.15, 0.2) is 0 Å². The van der Waals surface area contributed by atoms with Gasteiger partial charge in [-0.05, 0) is 31.2 Å². The number of urea groups is 1. The minimum Gasteiger partial charge on any atom is -0.388 e. The zero-order valence-corrected chi connectivity index (χ0v) is 12.0. The first-order valence-electron chi connectivity index (χ1n) is 7.50. The van der Waals surface area contributed by atoms with Crippen LogP contribution in [0.2, 0.25) is 0 Å². The van der Waals surface area contributed by atoms with Gasteiger partial charge >= 0.3 is 6.03 Å². The van der Waals surface area contributed by atoms with Crippen molar-refractivity contribution in [2.75, 3.05) is 24.5 Å². The summed E-state index contributed by atoms with van der Waals surface area (Å²) in [4.78, 5) is 16.5. The molecule has 0 bridgehead atoms. The van der Waals surface area contributed by atoms with Crippen molar-refractivity contribution in [3.05, 3.63) is 29.8 Å². The summed E-state index contributed by atoms with van der Waals surface area (Å²) in [7, 11) is 0. The number of aliphatic hydroxyl groups is 1. The molecule has 1 unspecified atom stereocenters. The highest BCUT2D eigenvalue weighted by atomic mass is 16.3. The standard InChI is InChI=1S/C16H22N2O2/c1-12-6-9-17(10-7-12)16(20)18-11-8-15(19)13-4-2-3-5-14(13)18/h2-5,12,15,19H,6-11H2,1H3. The lowest BCUT2D eigenvalue weighted by molar-refractivity contribution is 0.156. The lowest BCUT2D eigenvalue weighted by Gasteiger charge is -2.38. The van der Waals surface area contributed by atoms with Crippen LogP contribution in [-0.2, 0) is 0 Å². The first-order chi connectivity index (χ1) is 9.66. The number of nitrogens with zero attached hydrogens (tertiary/aromatic N) is 2. The van der Waals surface area contributed by atoms with Crippen molar-refractivity contribution in [3.63, 3.8) is 0 Å². The highest BCUT2D eigenvalue weighted by molar-refractivity contribution is 5.93. The van der Waals surface area contributed by atoms with Crippen LogP contribution in [0.5, 0.6) is 0 Å². The molecule has 2 heterocycles. The van der Waals surface area contributed by atoms with Crippen LogP contribution in [0.4, 0.5) is 10.5 Å². The summed E-state index contributed by atoms with van der Waals surface area (Å²) in [5.74, 6) is 0.717. The van der Waals surface area contributed by atoms with E-state index in [-0.39, 0.29) is 6.03 Å². The summed E-state index contributed by atoms with van der Waals surface area (Å²) in [6.07, 6.45) is 2.34. The fourth-order valence-electron chi connectivity index (χ4n) is 3.11. The molecule has 0 saturated carbocycles. The molecular weight excluding hydrogens is 252 g/mol. The van der Waals surface area contributed by atoms with Crippen LogP contribution in [-0.4, -0.2) is 35.7 Å². The molecule has 1 aromatic carbocycles. The van der Waals surface area contributed by atoms with E-state index in [0.29, 0.717) is 13.0 Å². The molecule has 0 radical (unpaired) electrons. The quantitative estimate of drug-likeness (QED) is 0.790. The van der Waals surface area contributed by atoms with E-state index in [1.807, 2.05) is 34.1 Å². The number of rotatable bonds is 0. The van der Waals surface area contributed by atoms with Gasteiger partial charge in [0.1, 0.15) is 0 Å². The lowest BCUT2D eigenvalue weighted by Crippen LogP contribution is -2.48. The first-order valence-corrected chi connectivity index (χ1v) is 7.50. The van der Waals surface area contributed by atoms with E-state index in [1.165, 1.54) is 0 Å². The summed E-state index contributed by atoms with van der Waals surface area (Å²) in [5.41, 5.74) is 1.74. The maximum atomic E-state index is 12.7. The van der Waals surface area contributed by atoms with E-state index in [1.54, 1.807) is 0 Å². The van der Waals surface area contributed by atoms with Crippen molar-refractivity contribution in [1.82, 2.24) is 4.90 Å². The summed E-state index contributed by atoms with van der Waals surface area (Å²) in [6, 6.07) is 7.78. The second-order valence-electron chi connectivity index (χ2n) is 5.97. The van der Waals surface area contributed by atoms with Gasteiger partial charge in [0.25, 0.3) is 0 Å². The van der Waals surface area contributed by atoms with Gasteiger partial charge in [-0.3, -0.25) is 4.90 Å². The Bertz CT molecular complexity index is 495. The van der Waals surface area contributed by atoms with Crippen molar-refractivity contribution in [1.29, 1.82) is 0 Å². The molecule has 3 rings (SSSR count). The number of likely N-dealkylation sites (tertiary alicyclic amines) is 1. The van der Waals surface area contributed by atoms with Crippen molar-refractivity contribution in [3.8, 4) is 0 Å². The summed E-state index contributed by atoms with van der Waals surface area (Å²) in [6.45, 7) is 4.54.